The van der Waals surface area contributed by atoms with E-state index in [1.165, 1.54) is 5.56 Å². The number of hydrogen-bond acceptors (Lipinski definition) is 2. The van der Waals surface area contributed by atoms with Crippen LogP contribution < -0.4 is 5.32 Å². The second kappa shape index (κ2) is 7.23. The molecule has 1 N–H and O–H groups in total. The molecular weight excluding hydrogens is 326 g/mol. The van der Waals surface area contributed by atoms with Crippen LogP contribution in [0.2, 0.25) is 0 Å². The molecule has 114 valence electrons. The molecule has 1 aromatic carbocycles. The molecule has 21 heavy (non-hydrogen) atoms. The number of nitrogens with zero attached hydrogens (tertiary/aromatic N) is 2. The van der Waals surface area contributed by atoms with Crippen molar-refractivity contribution in [1.29, 1.82) is 0 Å². The summed E-state index contributed by atoms with van der Waals surface area (Å²) in [7, 11) is 0. The Labute approximate surface area is 135 Å². The average molecular weight is 350 g/mol. The molecule has 0 radical (unpaired) electrons. The van der Waals surface area contributed by atoms with E-state index in [4.69, 9.17) is 0 Å². The smallest absolute Gasteiger partial charge is 0.0787 e. The SMILES string of the molecule is CCCNC(C)c1ccc(-n2ccc(C(C)C)n2)c(Br)c1. The van der Waals surface area contributed by atoms with Crippen LogP contribution in [0.5, 0.6) is 0 Å². The van der Waals surface area contributed by atoms with E-state index in [0.717, 1.165) is 28.8 Å². The van der Waals surface area contributed by atoms with Crippen LogP contribution in [-0.2, 0) is 0 Å². The van der Waals surface area contributed by atoms with Crippen molar-refractivity contribution >= 4 is 15.9 Å². The monoisotopic (exact) mass is 349 g/mol. The summed E-state index contributed by atoms with van der Waals surface area (Å²) >= 11 is 3.68. The fourth-order valence-electron chi connectivity index (χ4n) is 2.24. The largest absolute Gasteiger partial charge is 0.310 e. The average Bonchev–Trinajstić information content (AvgIpc) is 2.94. The zero-order valence-electron chi connectivity index (χ0n) is 13.2. The summed E-state index contributed by atoms with van der Waals surface area (Å²) in [5, 5.41) is 8.15. The first-order chi connectivity index (χ1) is 10.0. The quantitative estimate of drug-likeness (QED) is 0.810. The predicted molar refractivity (Wildman–Crippen MR) is 92.1 cm³/mol. The van der Waals surface area contributed by atoms with Gasteiger partial charge in [-0.2, -0.15) is 5.10 Å². The maximum Gasteiger partial charge on any atom is 0.0787 e. The molecule has 2 aromatic rings. The van der Waals surface area contributed by atoms with Gasteiger partial charge in [-0.1, -0.05) is 26.8 Å². The molecule has 0 saturated heterocycles. The Kier molecular flexibility index (Phi) is 5.59. The van der Waals surface area contributed by atoms with E-state index in [-0.39, 0.29) is 0 Å². The molecule has 2 rings (SSSR count). The lowest BCUT2D eigenvalue weighted by atomic mass is 10.1. The third-order valence-electron chi connectivity index (χ3n) is 3.62. The number of aromatic nitrogens is 2. The first-order valence-electron chi connectivity index (χ1n) is 7.61. The third kappa shape index (κ3) is 3.95. The molecule has 3 nitrogen and oxygen atoms in total. The highest BCUT2D eigenvalue weighted by atomic mass is 79.9. The molecule has 0 aliphatic rings. The summed E-state index contributed by atoms with van der Waals surface area (Å²) in [6, 6.07) is 8.92. The van der Waals surface area contributed by atoms with Crippen LogP contribution in [0.4, 0.5) is 0 Å². The Morgan fingerprint density at radius 1 is 1.24 bits per heavy atom. The van der Waals surface area contributed by atoms with Gasteiger partial charge in [0.05, 0.1) is 11.4 Å². The van der Waals surface area contributed by atoms with Crippen molar-refractivity contribution in [1.82, 2.24) is 15.1 Å². The molecule has 0 bridgehead atoms. The fraction of sp³-hybridized carbons (Fsp3) is 0.471. The van der Waals surface area contributed by atoms with Crippen LogP contribution in [0.25, 0.3) is 5.69 Å². The second-order valence-electron chi connectivity index (χ2n) is 5.73. The Balaban J connectivity index is 2.22. The van der Waals surface area contributed by atoms with E-state index in [9.17, 15) is 0 Å². The van der Waals surface area contributed by atoms with E-state index in [2.05, 4.69) is 78.3 Å². The number of nitrogens with one attached hydrogen (secondary N) is 1. The van der Waals surface area contributed by atoms with Gasteiger partial charge in [-0.25, -0.2) is 4.68 Å². The van der Waals surface area contributed by atoms with Crippen LogP contribution in [0.1, 0.15) is 57.3 Å². The maximum absolute atomic E-state index is 4.64. The topological polar surface area (TPSA) is 29.9 Å². The summed E-state index contributed by atoms with van der Waals surface area (Å²) in [6.07, 6.45) is 3.17. The minimum Gasteiger partial charge on any atom is -0.310 e. The fourth-order valence-corrected chi connectivity index (χ4v) is 2.82. The van der Waals surface area contributed by atoms with Crippen molar-refractivity contribution in [2.45, 2.75) is 46.1 Å². The van der Waals surface area contributed by atoms with Crippen LogP contribution in [0, 0.1) is 0 Å². The minimum atomic E-state index is 0.360. The first-order valence-corrected chi connectivity index (χ1v) is 8.41. The normalized spacial score (nSPS) is 12.9. The molecule has 0 aliphatic carbocycles. The van der Waals surface area contributed by atoms with Gasteiger partial charge in [-0.3, -0.25) is 0 Å². The van der Waals surface area contributed by atoms with Crippen molar-refractivity contribution in [2.75, 3.05) is 6.54 Å². The van der Waals surface area contributed by atoms with E-state index in [1.54, 1.807) is 0 Å². The molecule has 0 amide bonds. The lowest BCUT2D eigenvalue weighted by molar-refractivity contribution is 0.570. The lowest BCUT2D eigenvalue weighted by Crippen LogP contribution is -2.19. The summed E-state index contributed by atoms with van der Waals surface area (Å²) in [4.78, 5) is 0. The molecule has 0 fully saturated rings. The van der Waals surface area contributed by atoms with Crippen molar-refractivity contribution in [2.24, 2.45) is 0 Å². The third-order valence-corrected chi connectivity index (χ3v) is 4.26. The summed E-state index contributed by atoms with van der Waals surface area (Å²) in [5.41, 5.74) is 3.48. The highest BCUT2D eigenvalue weighted by Gasteiger charge is 2.10. The molecule has 4 heteroatoms. The van der Waals surface area contributed by atoms with Crippen LogP contribution in [-0.4, -0.2) is 16.3 Å². The Morgan fingerprint density at radius 2 is 2.00 bits per heavy atom. The number of benzene rings is 1. The van der Waals surface area contributed by atoms with Gasteiger partial charge in [-0.05, 0) is 65.5 Å². The number of rotatable bonds is 6. The number of hydrogen-bond donors (Lipinski definition) is 1. The van der Waals surface area contributed by atoms with E-state index < -0.39 is 0 Å². The van der Waals surface area contributed by atoms with E-state index >= 15 is 0 Å². The van der Waals surface area contributed by atoms with Crippen LogP contribution in [0.3, 0.4) is 0 Å². The van der Waals surface area contributed by atoms with Gasteiger partial charge >= 0.3 is 0 Å². The molecule has 0 spiro atoms. The first kappa shape index (κ1) is 16.2. The van der Waals surface area contributed by atoms with Crippen molar-refractivity contribution in [3.05, 3.63) is 46.2 Å². The zero-order valence-corrected chi connectivity index (χ0v) is 14.8. The van der Waals surface area contributed by atoms with E-state index in [0.29, 0.717) is 12.0 Å². The van der Waals surface area contributed by atoms with Gasteiger partial charge in [0.25, 0.3) is 0 Å². The highest BCUT2D eigenvalue weighted by Crippen LogP contribution is 2.26. The summed E-state index contributed by atoms with van der Waals surface area (Å²) < 4.78 is 3.01. The van der Waals surface area contributed by atoms with Gasteiger partial charge in [0.15, 0.2) is 0 Å². The van der Waals surface area contributed by atoms with Crippen LogP contribution in [0.15, 0.2) is 34.9 Å². The Hall–Kier alpha value is -1.13. The van der Waals surface area contributed by atoms with Gasteiger partial charge < -0.3 is 5.32 Å². The predicted octanol–water partition coefficient (Wildman–Crippen LogP) is 4.82. The molecule has 0 aliphatic heterocycles. The minimum absolute atomic E-state index is 0.360. The summed E-state index contributed by atoms with van der Waals surface area (Å²) in [5.74, 6) is 0.447. The summed E-state index contributed by atoms with van der Waals surface area (Å²) in [6.45, 7) is 9.74. The Bertz CT molecular complexity index is 589. The lowest BCUT2D eigenvalue weighted by Gasteiger charge is -2.15. The zero-order chi connectivity index (χ0) is 15.4. The molecule has 0 saturated carbocycles. The van der Waals surface area contributed by atoms with Gasteiger partial charge in [-0.15, -0.1) is 0 Å². The maximum atomic E-state index is 4.64. The molecule has 1 heterocycles. The second-order valence-corrected chi connectivity index (χ2v) is 6.58. The molecule has 1 atom stereocenters. The van der Waals surface area contributed by atoms with Gasteiger partial charge in [0, 0.05) is 16.7 Å². The van der Waals surface area contributed by atoms with Crippen molar-refractivity contribution in [3.63, 3.8) is 0 Å². The van der Waals surface area contributed by atoms with Gasteiger partial charge in [0.1, 0.15) is 0 Å². The molecule has 1 unspecified atom stereocenters. The molecule has 1 aromatic heterocycles. The number of halogens is 1. The Morgan fingerprint density at radius 3 is 2.57 bits per heavy atom. The van der Waals surface area contributed by atoms with E-state index in [1.807, 2.05) is 10.9 Å². The highest BCUT2D eigenvalue weighted by molar-refractivity contribution is 9.10. The standard InChI is InChI=1S/C17H24BrN3/c1-5-9-19-13(4)14-6-7-17(15(18)11-14)21-10-8-16(20-21)12(2)3/h6-8,10-13,19H,5,9H2,1-4H3. The molecular formula is C17H24BrN3. The van der Waals surface area contributed by atoms with Crippen molar-refractivity contribution in [3.8, 4) is 5.69 Å². The van der Waals surface area contributed by atoms with Crippen LogP contribution >= 0.6 is 15.9 Å². The van der Waals surface area contributed by atoms with Crippen molar-refractivity contribution < 1.29 is 0 Å². The van der Waals surface area contributed by atoms with Gasteiger partial charge in [0.2, 0.25) is 0 Å².